The SMILES string of the molecule is CCCc1cc(-n2ccc(-c3ccc(C)cc3)n2)ccn1. The molecule has 21 heavy (non-hydrogen) atoms. The molecule has 0 radical (unpaired) electrons. The zero-order valence-corrected chi connectivity index (χ0v) is 12.5. The highest BCUT2D eigenvalue weighted by atomic mass is 15.3. The third kappa shape index (κ3) is 3.02. The van der Waals surface area contributed by atoms with Crippen LogP contribution in [0.2, 0.25) is 0 Å². The van der Waals surface area contributed by atoms with Crippen LogP contribution in [-0.4, -0.2) is 14.8 Å². The largest absolute Gasteiger partial charge is 0.261 e. The standard InChI is InChI=1S/C18H19N3/c1-3-4-16-13-17(9-11-19-16)21-12-10-18(20-21)15-7-5-14(2)6-8-15/h5-13H,3-4H2,1-2H3. The second-order valence-electron chi connectivity index (χ2n) is 5.27. The zero-order valence-electron chi connectivity index (χ0n) is 12.5. The summed E-state index contributed by atoms with van der Waals surface area (Å²) in [6, 6.07) is 14.6. The lowest BCUT2D eigenvalue weighted by Crippen LogP contribution is -1.98. The average molecular weight is 277 g/mol. The molecule has 2 heterocycles. The molecular formula is C18H19N3. The van der Waals surface area contributed by atoms with Gasteiger partial charge in [-0.25, -0.2) is 4.68 Å². The summed E-state index contributed by atoms with van der Waals surface area (Å²) < 4.78 is 1.91. The van der Waals surface area contributed by atoms with Crippen LogP contribution in [0.4, 0.5) is 0 Å². The molecule has 3 nitrogen and oxygen atoms in total. The Balaban J connectivity index is 1.91. The van der Waals surface area contributed by atoms with Gasteiger partial charge in [-0.15, -0.1) is 0 Å². The van der Waals surface area contributed by atoms with Crippen molar-refractivity contribution in [1.82, 2.24) is 14.8 Å². The van der Waals surface area contributed by atoms with E-state index in [9.17, 15) is 0 Å². The molecule has 2 aromatic heterocycles. The minimum absolute atomic E-state index is 0.990. The molecule has 0 aliphatic carbocycles. The van der Waals surface area contributed by atoms with Gasteiger partial charge in [0.25, 0.3) is 0 Å². The van der Waals surface area contributed by atoms with E-state index in [1.165, 1.54) is 5.56 Å². The summed E-state index contributed by atoms with van der Waals surface area (Å²) in [6.45, 7) is 4.26. The molecule has 0 spiro atoms. The van der Waals surface area contributed by atoms with E-state index in [-0.39, 0.29) is 0 Å². The lowest BCUT2D eigenvalue weighted by Gasteiger charge is -2.04. The van der Waals surface area contributed by atoms with Crippen molar-refractivity contribution in [3.63, 3.8) is 0 Å². The fourth-order valence-corrected chi connectivity index (χ4v) is 2.35. The Morgan fingerprint density at radius 2 is 1.86 bits per heavy atom. The van der Waals surface area contributed by atoms with Gasteiger partial charge in [0.2, 0.25) is 0 Å². The molecule has 3 aromatic rings. The summed E-state index contributed by atoms with van der Waals surface area (Å²) in [7, 11) is 0. The number of benzene rings is 1. The normalized spacial score (nSPS) is 10.8. The predicted molar refractivity (Wildman–Crippen MR) is 85.5 cm³/mol. The van der Waals surface area contributed by atoms with Gasteiger partial charge in [0.1, 0.15) is 0 Å². The Labute approximate surface area is 125 Å². The highest BCUT2D eigenvalue weighted by molar-refractivity contribution is 5.59. The molecule has 0 fully saturated rings. The van der Waals surface area contributed by atoms with Crippen molar-refractivity contribution in [3.8, 4) is 16.9 Å². The fraction of sp³-hybridized carbons (Fsp3) is 0.222. The summed E-state index contributed by atoms with van der Waals surface area (Å²) in [6.07, 6.45) is 5.96. The molecular weight excluding hydrogens is 258 g/mol. The van der Waals surface area contributed by atoms with Crippen LogP contribution < -0.4 is 0 Å². The van der Waals surface area contributed by atoms with E-state index in [1.807, 2.05) is 29.2 Å². The molecule has 0 bridgehead atoms. The van der Waals surface area contributed by atoms with Gasteiger partial charge in [-0.2, -0.15) is 5.10 Å². The number of hydrogen-bond donors (Lipinski definition) is 0. The summed E-state index contributed by atoms with van der Waals surface area (Å²) in [4.78, 5) is 4.39. The second kappa shape index (κ2) is 5.92. The first-order valence-corrected chi connectivity index (χ1v) is 7.34. The minimum atomic E-state index is 0.990. The first-order chi connectivity index (χ1) is 10.3. The molecule has 0 atom stereocenters. The molecule has 3 rings (SSSR count). The molecule has 0 saturated carbocycles. The first-order valence-electron chi connectivity index (χ1n) is 7.34. The number of aromatic nitrogens is 3. The van der Waals surface area contributed by atoms with Crippen LogP contribution in [0.1, 0.15) is 24.6 Å². The Bertz CT molecular complexity index is 726. The van der Waals surface area contributed by atoms with Gasteiger partial charge in [-0.1, -0.05) is 43.2 Å². The fourth-order valence-electron chi connectivity index (χ4n) is 2.35. The van der Waals surface area contributed by atoms with E-state index in [4.69, 9.17) is 0 Å². The molecule has 0 unspecified atom stereocenters. The number of aryl methyl sites for hydroxylation is 2. The van der Waals surface area contributed by atoms with Crippen LogP contribution in [0, 0.1) is 6.92 Å². The molecule has 3 heteroatoms. The maximum absolute atomic E-state index is 4.67. The second-order valence-corrected chi connectivity index (χ2v) is 5.27. The lowest BCUT2D eigenvalue weighted by atomic mass is 10.1. The van der Waals surface area contributed by atoms with Crippen molar-refractivity contribution in [2.75, 3.05) is 0 Å². The summed E-state index contributed by atoms with van der Waals surface area (Å²) in [5.41, 5.74) is 5.57. The Morgan fingerprint density at radius 1 is 1.05 bits per heavy atom. The summed E-state index contributed by atoms with van der Waals surface area (Å²) in [5, 5.41) is 4.67. The predicted octanol–water partition coefficient (Wildman–Crippen LogP) is 4.20. The number of nitrogens with zero attached hydrogens (tertiary/aromatic N) is 3. The maximum atomic E-state index is 4.67. The van der Waals surface area contributed by atoms with Crippen molar-refractivity contribution in [2.45, 2.75) is 26.7 Å². The Kier molecular flexibility index (Phi) is 3.82. The van der Waals surface area contributed by atoms with E-state index in [0.717, 1.165) is 35.5 Å². The van der Waals surface area contributed by atoms with Crippen molar-refractivity contribution in [2.24, 2.45) is 0 Å². The summed E-state index contributed by atoms with van der Waals surface area (Å²) in [5.74, 6) is 0. The third-order valence-corrected chi connectivity index (χ3v) is 3.51. The molecule has 1 aromatic carbocycles. The average Bonchev–Trinajstić information content (AvgIpc) is 2.98. The molecule has 0 saturated heterocycles. The lowest BCUT2D eigenvalue weighted by molar-refractivity contribution is 0.850. The zero-order chi connectivity index (χ0) is 14.7. The molecule has 0 N–H and O–H groups in total. The number of rotatable bonds is 4. The van der Waals surface area contributed by atoms with Crippen molar-refractivity contribution >= 4 is 0 Å². The van der Waals surface area contributed by atoms with Crippen LogP contribution in [0.3, 0.4) is 0 Å². The van der Waals surface area contributed by atoms with Crippen LogP contribution in [0.5, 0.6) is 0 Å². The third-order valence-electron chi connectivity index (χ3n) is 3.51. The van der Waals surface area contributed by atoms with Gasteiger partial charge < -0.3 is 0 Å². The summed E-state index contributed by atoms with van der Waals surface area (Å²) >= 11 is 0. The van der Waals surface area contributed by atoms with Crippen molar-refractivity contribution in [3.05, 3.63) is 66.1 Å². The van der Waals surface area contributed by atoms with E-state index in [1.54, 1.807) is 0 Å². The molecule has 0 aliphatic heterocycles. The monoisotopic (exact) mass is 277 g/mol. The quantitative estimate of drug-likeness (QED) is 0.715. The van der Waals surface area contributed by atoms with Crippen LogP contribution in [0.15, 0.2) is 54.9 Å². The van der Waals surface area contributed by atoms with Gasteiger partial charge in [0.05, 0.1) is 11.4 Å². The van der Waals surface area contributed by atoms with Gasteiger partial charge in [0, 0.05) is 23.7 Å². The molecule has 0 aliphatic rings. The van der Waals surface area contributed by atoms with E-state index in [0.29, 0.717) is 0 Å². The smallest absolute Gasteiger partial charge is 0.0927 e. The minimum Gasteiger partial charge on any atom is -0.261 e. The highest BCUT2D eigenvalue weighted by Gasteiger charge is 2.04. The molecule has 106 valence electrons. The topological polar surface area (TPSA) is 30.7 Å². The Morgan fingerprint density at radius 3 is 2.62 bits per heavy atom. The number of pyridine rings is 1. The molecule has 0 amide bonds. The van der Waals surface area contributed by atoms with Crippen LogP contribution >= 0.6 is 0 Å². The van der Waals surface area contributed by atoms with Crippen molar-refractivity contribution in [1.29, 1.82) is 0 Å². The van der Waals surface area contributed by atoms with Crippen LogP contribution in [0.25, 0.3) is 16.9 Å². The Hall–Kier alpha value is -2.42. The van der Waals surface area contributed by atoms with Crippen molar-refractivity contribution < 1.29 is 0 Å². The van der Waals surface area contributed by atoms with E-state index >= 15 is 0 Å². The highest BCUT2D eigenvalue weighted by Crippen LogP contribution is 2.19. The first kappa shape index (κ1) is 13.6. The van der Waals surface area contributed by atoms with Gasteiger partial charge in [0.15, 0.2) is 0 Å². The van der Waals surface area contributed by atoms with Gasteiger partial charge >= 0.3 is 0 Å². The van der Waals surface area contributed by atoms with E-state index < -0.39 is 0 Å². The van der Waals surface area contributed by atoms with E-state index in [2.05, 4.69) is 54.3 Å². The van der Waals surface area contributed by atoms with Crippen LogP contribution in [-0.2, 0) is 6.42 Å². The van der Waals surface area contributed by atoms with Gasteiger partial charge in [-0.05, 0) is 31.5 Å². The maximum Gasteiger partial charge on any atom is 0.0927 e. The van der Waals surface area contributed by atoms with Gasteiger partial charge in [-0.3, -0.25) is 4.98 Å². The number of hydrogen-bond acceptors (Lipinski definition) is 2.